The summed E-state index contributed by atoms with van der Waals surface area (Å²) < 4.78 is 24.3. The average molecular weight is 258 g/mol. The molecule has 0 radical (unpaired) electrons. The van der Waals surface area contributed by atoms with E-state index in [4.69, 9.17) is 5.73 Å². The van der Waals surface area contributed by atoms with Crippen molar-refractivity contribution in [3.63, 3.8) is 0 Å². The highest BCUT2D eigenvalue weighted by Gasteiger charge is 2.58. The largest absolute Gasteiger partial charge is 0.326 e. The van der Waals surface area contributed by atoms with E-state index < -0.39 is 9.84 Å². The minimum absolute atomic E-state index is 0.00803. The fourth-order valence-corrected chi connectivity index (χ4v) is 6.85. The Morgan fingerprint density at radius 3 is 2.35 bits per heavy atom. The fraction of sp³-hybridized carbons (Fsp3) is 1.00. The number of likely N-dealkylation sites (N-methyl/N-ethyl adjacent to an activating group) is 1. The van der Waals surface area contributed by atoms with Gasteiger partial charge in [0.2, 0.25) is 0 Å². The second-order valence-corrected chi connectivity index (χ2v) is 8.41. The van der Waals surface area contributed by atoms with E-state index in [0.717, 1.165) is 45.2 Å². The minimum Gasteiger partial charge on any atom is -0.326 e. The summed E-state index contributed by atoms with van der Waals surface area (Å²) in [4.78, 5) is 2.44. The van der Waals surface area contributed by atoms with Crippen molar-refractivity contribution >= 4 is 9.84 Å². The first-order chi connectivity index (χ1) is 8.00. The monoisotopic (exact) mass is 258 g/mol. The summed E-state index contributed by atoms with van der Waals surface area (Å²) >= 11 is 0. The molecule has 3 atom stereocenters. The summed E-state index contributed by atoms with van der Waals surface area (Å²) in [6.45, 7) is 4.19. The van der Waals surface area contributed by atoms with E-state index >= 15 is 0 Å². The molecule has 0 aromatic rings. The van der Waals surface area contributed by atoms with Crippen molar-refractivity contribution in [3.05, 3.63) is 0 Å². The molecule has 2 N–H and O–H groups in total. The van der Waals surface area contributed by atoms with Crippen molar-refractivity contribution in [3.8, 4) is 0 Å². The second kappa shape index (κ2) is 3.68. The molecule has 17 heavy (non-hydrogen) atoms. The Morgan fingerprint density at radius 1 is 1.24 bits per heavy atom. The van der Waals surface area contributed by atoms with Crippen LogP contribution in [0.1, 0.15) is 39.0 Å². The van der Waals surface area contributed by atoms with E-state index in [1.54, 1.807) is 0 Å². The number of rotatable bonds is 1. The van der Waals surface area contributed by atoms with E-state index in [2.05, 4.69) is 11.8 Å². The molecule has 1 spiro atoms. The lowest BCUT2D eigenvalue weighted by Crippen LogP contribution is -2.60. The maximum atomic E-state index is 12.2. The number of sulfone groups is 1. The van der Waals surface area contributed by atoms with Crippen molar-refractivity contribution in [1.29, 1.82) is 0 Å². The van der Waals surface area contributed by atoms with Crippen molar-refractivity contribution in [2.24, 2.45) is 5.73 Å². The summed E-state index contributed by atoms with van der Waals surface area (Å²) in [6, 6.07) is 0.168. The van der Waals surface area contributed by atoms with Crippen LogP contribution >= 0.6 is 0 Å². The molecule has 2 bridgehead atoms. The summed E-state index contributed by atoms with van der Waals surface area (Å²) in [5, 5.41) is -0.223. The van der Waals surface area contributed by atoms with Gasteiger partial charge in [0.25, 0.3) is 0 Å². The Kier molecular flexibility index (Phi) is 2.58. The summed E-state index contributed by atoms with van der Waals surface area (Å²) in [5.74, 6) is 0. The smallest absolute Gasteiger partial charge is 0.156 e. The van der Waals surface area contributed by atoms with Crippen LogP contribution in [0, 0.1) is 0 Å². The highest BCUT2D eigenvalue weighted by atomic mass is 32.2. The van der Waals surface area contributed by atoms with Gasteiger partial charge in [0.15, 0.2) is 9.84 Å². The van der Waals surface area contributed by atoms with Crippen molar-refractivity contribution < 1.29 is 8.42 Å². The van der Waals surface area contributed by atoms with E-state index in [9.17, 15) is 8.42 Å². The first-order valence-electron chi connectivity index (χ1n) is 6.74. The molecule has 0 saturated carbocycles. The topological polar surface area (TPSA) is 63.4 Å². The summed E-state index contributed by atoms with van der Waals surface area (Å²) in [5.41, 5.74) is 6.31. The van der Waals surface area contributed by atoms with Gasteiger partial charge in [0.05, 0.1) is 10.5 Å². The highest BCUT2D eigenvalue weighted by molar-refractivity contribution is 7.93. The van der Waals surface area contributed by atoms with E-state index in [1.165, 1.54) is 0 Å². The molecule has 0 aliphatic carbocycles. The zero-order chi connectivity index (χ0) is 12.3. The number of nitrogens with two attached hydrogens (primary N) is 1. The molecule has 3 rings (SSSR count). The van der Waals surface area contributed by atoms with Gasteiger partial charge in [-0.3, -0.25) is 4.90 Å². The van der Waals surface area contributed by atoms with Crippen LogP contribution in [-0.2, 0) is 9.84 Å². The van der Waals surface area contributed by atoms with E-state index in [1.807, 2.05) is 0 Å². The lowest BCUT2D eigenvalue weighted by Gasteiger charge is -2.46. The Balaban J connectivity index is 1.97. The Labute approximate surface area is 103 Å². The molecule has 3 aliphatic heterocycles. The first-order valence-corrected chi connectivity index (χ1v) is 8.35. The van der Waals surface area contributed by atoms with Crippen LogP contribution in [0.25, 0.3) is 0 Å². The standard InChI is InChI=1S/C12H22N2O2S/c1-2-14-6-5-11(13)12(14)7-9-3-4-10(8-12)17(9,15)16/h9-11H,2-8,13H2,1H3. The molecule has 3 unspecified atom stereocenters. The second-order valence-electron chi connectivity index (χ2n) is 5.90. The number of likely N-dealkylation sites (tertiary alicyclic amines) is 1. The lowest BCUT2D eigenvalue weighted by molar-refractivity contribution is 0.108. The first kappa shape index (κ1) is 11.9. The highest BCUT2D eigenvalue weighted by Crippen LogP contribution is 2.49. The van der Waals surface area contributed by atoms with Crippen LogP contribution in [0.3, 0.4) is 0 Å². The van der Waals surface area contributed by atoms with E-state index in [-0.39, 0.29) is 22.1 Å². The number of hydrogen-bond acceptors (Lipinski definition) is 4. The zero-order valence-electron chi connectivity index (χ0n) is 10.4. The molecular formula is C12H22N2O2S. The van der Waals surface area contributed by atoms with Gasteiger partial charge < -0.3 is 5.73 Å². The quantitative estimate of drug-likeness (QED) is 0.744. The molecular weight excluding hydrogens is 236 g/mol. The SMILES string of the molecule is CCN1CCC(N)C12CC1CCC(C2)S1(=O)=O. The molecule has 5 heteroatoms. The van der Waals surface area contributed by atoms with Gasteiger partial charge in [0.1, 0.15) is 0 Å². The third-order valence-corrected chi connectivity index (χ3v) is 7.98. The fourth-order valence-electron chi connectivity index (χ4n) is 4.34. The van der Waals surface area contributed by atoms with Crippen LogP contribution in [0.5, 0.6) is 0 Å². The predicted octanol–water partition coefficient (Wildman–Crippen LogP) is 0.518. The van der Waals surface area contributed by atoms with Gasteiger partial charge >= 0.3 is 0 Å². The Hall–Kier alpha value is -0.130. The van der Waals surface area contributed by atoms with Gasteiger partial charge in [-0.2, -0.15) is 0 Å². The van der Waals surface area contributed by atoms with Crippen LogP contribution in [0.2, 0.25) is 0 Å². The van der Waals surface area contributed by atoms with Crippen molar-refractivity contribution in [1.82, 2.24) is 4.90 Å². The van der Waals surface area contributed by atoms with Gasteiger partial charge in [-0.1, -0.05) is 6.92 Å². The number of fused-ring (bicyclic) bond motifs is 2. The van der Waals surface area contributed by atoms with Crippen molar-refractivity contribution in [2.75, 3.05) is 13.1 Å². The van der Waals surface area contributed by atoms with Crippen LogP contribution in [0.4, 0.5) is 0 Å². The van der Waals surface area contributed by atoms with Gasteiger partial charge in [-0.15, -0.1) is 0 Å². The Morgan fingerprint density at radius 2 is 1.82 bits per heavy atom. The normalized spacial score (nSPS) is 48.9. The number of nitrogens with zero attached hydrogens (tertiary/aromatic N) is 1. The predicted molar refractivity (Wildman–Crippen MR) is 67.5 cm³/mol. The van der Waals surface area contributed by atoms with Gasteiger partial charge in [-0.25, -0.2) is 8.42 Å². The van der Waals surface area contributed by atoms with Gasteiger partial charge in [0, 0.05) is 18.1 Å². The third-order valence-electron chi connectivity index (χ3n) is 5.31. The van der Waals surface area contributed by atoms with Crippen LogP contribution < -0.4 is 5.73 Å². The molecule has 3 heterocycles. The molecule has 0 aromatic carbocycles. The van der Waals surface area contributed by atoms with Crippen LogP contribution in [0.15, 0.2) is 0 Å². The molecule has 3 saturated heterocycles. The van der Waals surface area contributed by atoms with E-state index in [0.29, 0.717) is 0 Å². The van der Waals surface area contributed by atoms with Gasteiger partial charge in [-0.05, 0) is 38.6 Å². The molecule has 3 fully saturated rings. The molecule has 3 aliphatic rings. The maximum Gasteiger partial charge on any atom is 0.156 e. The molecule has 0 aromatic heterocycles. The lowest BCUT2D eigenvalue weighted by atomic mass is 9.83. The number of hydrogen-bond donors (Lipinski definition) is 1. The van der Waals surface area contributed by atoms with Crippen LogP contribution in [-0.4, -0.2) is 48.5 Å². The molecule has 98 valence electrons. The zero-order valence-corrected chi connectivity index (χ0v) is 11.2. The molecule has 4 nitrogen and oxygen atoms in total. The maximum absolute atomic E-state index is 12.2. The summed E-state index contributed by atoms with van der Waals surface area (Å²) in [7, 11) is -2.83. The molecule has 0 amide bonds. The minimum atomic E-state index is -2.83. The average Bonchev–Trinajstić information content (AvgIpc) is 2.62. The Bertz CT molecular complexity index is 400. The third kappa shape index (κ3) is 1.45. The van der Waals surface area contributed by atoms with Crippen molar-refractivity contribution in [2.45, 2.75) is 61.1 Å². The summed E-state index contributed by atoms with van der Waals surface area (Å²) in [6.07, 6.45) is 4.30.